The minimum absolute atomic E-state index is 0.211. The summed E-state index contributed by atoms with van der Waals surface area (Å²) >= 11 is 0. The van der Waals surface area contributed by atoms with Crippen molar-refractivity contribution in [2.75, 3.05) is 6.61 Å². The first kappa shape index (κ1) is 12.1. The standard InChI is InChI=1S/C9H9FN2O4/c1-2-16-11-9(13)7-5-6(12(14)15)3-4-8(7)10/h3-5H,2H2,1H3,(H,11,13). The van der Waals surface area contributed by atoms with Gasteiger partial charge in [-0.1, -0.05) is 0 Å². The quantitative estimate of drug-likeness (QED) is 0.624. The molecule has 1 N–H and O–H groups in total. The van der Waals surface area contributed by atoms with Gasteiger partial charge in [0.25, 0.3) is 11.6 Å². The van der Waals surface area contributed by atoms with Crippen molar-refractivity contribution in [2.45, 2.75) is 6.92 Å². The maximum Gasteiger partial charge on any atom is 0.278 e. The number of carbonyl (C=O) groups excluding carboxylic acids is 1. The molecule has 0 spiro atoms. The molecule has 0 aromatic heterocycles. The number of nitrogens with zero attached hydrogens (tertiary/aromatic N) is 1. The van der Waals surface area contributed by atoms with Crippen LogP contribution in [0.4, 0.5) is 10.1 Å². The summed E-state index contributed by atoms with van der Waals surface area (Å²) in [5.41, 5.74) is 1.17. The van der Waals surface area contributed by atoms with Crippen LogP contribution in [0.3, 0.4) is 0 Å². The second-order valence-electron chi connectivity index (χ2n) is 2.79. The number of hydroxylamine groups is 1. The normalized spacial score (nSPS) is 9.88. The molecular weight excluding hydrogens is 219 g/mol. The molecular formula is C9H9FN2O4. The first-order chi connectivity index (χ1) is 7.56. The van der Waals surface area contributed by atoms with E-state index in [0.717, 1.165) is 18.2 Å². The Morgan fingerprint density at radius 3 is 2.88 bits per heavy atom. The maximum atomic E-state index is 13.2. The second-order valence-corrected chi connectivity index (χ2v) is 2.79. The zero-order valence-electron chi connectivity index (χ0n) is 8.40. The predicted octanol–water partition coefficient (Wildman–Crippen LogP) is 1.42. The topological polar surface area (TPSA) is 81.5 Å². The van der Waals surface area contributed by atoms with Gasteiger partial charge in [0, 0.05) is 12.1 Å². The van der Waals surface area contributed by atoms with Crippen molar-refractivity contribution in [2.24, 2.45) is 0 Å². The van der Waals surface area contributed by atoms with Gasteiger partial charge in [0.05, 0.1) is 17.1 Å². The van der Waals surface area contributed by atoms with Gasteiger partial charge >= 0.3 is 0 Å². The number of hydrogen-bond acceptors (Lipinski definition) is 4. The average Bonchev–Trinajstić information content (AvgIpc) is 2.26. The summed E-state index contributed by atoms with van der Waals surface area (Å²) in [5.74, 6) is -1.70. The van der Waals surface area contributed by atoms with Crippen molar-refractivity contribution in [3.8, 4) is 0 Å². The van der Waals surface area contributed by atoms with Gasteiger partial charge in [-0.25, -0.2) is 9.87 Å². The van der Waals surface area contributed by atoms with E-state index in [4.69, 9.17) is 0 Å². The second kappa shape index (κ2) is 5.17. The molecule has 0 saturated carbocycles. The van der Waals surface area contributed by atoms with Gasteiger partial charge in [-0.05, 0) is 13.0 Å². The monoisotopic (exact) mass is 228 g/mol. The van der Waals surface area contributed by atoms with Crippen molar-refractivity contribution in [1.82, 2.24) is 5.48 Å². The smallest absolute Gasteiger partial charge is 0.274 e. The molecule has 1 aromatic rings. The number of hydrogen-bond donors (Lipinski definition) is 1. The molecule has 0 fully saturated rings. The number of nitrogens with one attached hydrogen (secondary N) is 1. The molecule has 0 aliphatic heterocycles. The highest BCUT2D eigenvalue weighted by atomic mass is 19.1. The Morgan fingerprint density at radius 2 is 2.31 bits per heavy atom. The molecule has 6 nitrogen and oxygen atoms in total. The van der Waals surface area contributed by atoms with Crippen LogP contribution in [0.15, 0.2) is 18.2 Å². The lowest BCUT2D eigenvalue weighted by molar-refractivity contribution is -0.384. The van der Waals surface area contributed by atoms with Gasteiger partial charge in [-0.2, -0.15) is 0 Å². The molecule has 7 heteroatoms. The summed E-state index contributed by atoms with van der Waals surface area (Å²) in [4.78, 5) is 25.6. The number of amides is 1. The average molecular weight is 228 g/mol. The lowest BCUT2D eigenvalue weighted by atomic mass is 10.2. The van der Waals surface area contributed by atoms with E-state index in [0.29, 0.717) is 0 Å². The van der Waals surface area contributed by atoms with E-state index < -0.39 is 22.2 Å². The lowest BCUT2D eigenvalue weighted by Gasteiger charge is -2.04. The third-order valence-electron chi connectivity index (χ3n) is 1.71. The van der Waals surface area contributed by atoms with Gasteiger partial charge in [-0.15, -0.1) is 0 Å². The third-order valence-corrected chi connectivity index (χ3v) is 1.71. The summed E-state index contributed by atoms with van der Waals surface area (Å²) in [6.45, 7) is 1.84. The molecule has 1 rings (SSSR count). The third kappa shape index (κ3) is 2.74. The van der Waals surface area contributed by atoms with E-state index >= 15 is 0 Å². The Kier molecular flexibility index (Phi) is 3.90. The molecule has 86 valence electrons. The van der Waals surface area contributed by atoms with Crippen LogP contribution in [0, 0.1) is 15.9 Å². The Balaban J connectivity index is 2.97. The van der Waals surface area contributed by atoms with Gasteiger partial charge in [-0.3, -0.25) is 19.7 Å². The van der Waals surface area contributed by atoms with Crippen molar-refractivity contribution in [3.63, 3.8) is 0 Å². The molecule has 0 heterocycles. The molecule has 0 atom stereocenters. The molecule has 1 amide bonds. The van der Waals surface area contributed by atoms with Crippen LogP contribution in [0.1, 0.15) is 17.3 Å². The predicted molar refractivity (Wildman–Crippen MR) is 52.1 cm³/mol. The fourth-order valence-corrected chi connectivity index (χ4v) is 0.994. The van der Waals surface area contributed by atoms with E-state index in [-0.39, 0.29) is 12.3 Å². The molecule has 0 aliphatic rings. The summed E-state index contributed by atoms with van der Waals surface area (Å²) in [6.07, 6.45) is 0. The SMILES string of the molecule is CCONC(=O)c1cc([N+](=O)[O-])ccc1F. The molecule has 0 radical (unpaired) electrons. The minimum atomic E-state index is -0.858. The first-order valence-electron chi connectivity index (χ1n) is 4.42. The molecule has 16 heavy (non-hydrogen) atoms. The van der Waals surface area contributed by atoms with Crippen molar-refractivity contribution in [1.29, 1.82) is 0 Å². The number of non-ortho nitro benzene ring substituents is 1. The van der Waals surface area contributed by atoms with Gasteiger partial charge in [0.2, 0.25) is 0 Å². The Morgan fingerprint density at radius 1 is 1.62 bits per heavy atom. The Bertz CT molecular complexity index is 422. The summed E-state index contributed by atoms with van der Waals surface area (Å²) < 4.78 is 13.2. The van der Waals surface area contributed by atoms with Crippen LogP contribution in [-0.4, -0.2) is 17.4 Å². The number of nitro benzene ring substituents is 1. The fourth-order valence-electron chi connectivity index (χ4n) is 0.994. The van der Waals surface area contributed by atoms with Crippen LogP contribution in [0.2, 0.25) is 0 Å². The highest BCUT2D eigenvalue weighted by Crippen LogP contribution is 2.16. The summed E-state index contributed by atoms with van der Waals surface area (Å²) in [5, 5.41) is 10.4. The van der Waals surface area contributed by atoms with Crippen LogP contribution >= 0.6 is 0 Å². The number of rotatable bonds is 4. The van der Waals surface area contributed by atoms with Crippen LogP contribution in [0.25, 0.3) is 0 Å². The van der Waals surface area contributed by atoms with Crippen LogP contribution in [-0.2, 0) is 4.84 Å². The summed E-state index contributed by atoms with van der Waals surface area (Å²) in [6, 6.07) is 2.69. The van der Waals surface area contributed by atoms with Crippen molar-refractivity contribution in [3.05, 3.63) is 39.7 Å². The molecule has 0 aliphatic carbocycles. The van der Waals surface area contributed by atoms with Crippen LogP contribution in [0.5, 0.6) is 0 Å². The number of nitro groups is 1. The van der Waals surface area contributed by atoms with Crippen LogP contribution < -0.4 is 5.48 Å². The van der Waals surface area contributed by atoms with E-state index in [9.17, 15) is 19.3 Å². The highest BCUT2D eigenvalue weighted by Gasteiger charge is 2.16. The maximum absolute atomic E-state index is 13.2. The van der Waals surface area contributed by atoms with Gasteiger partial charge in [0.15, 0.2) is 0 Å². The fraction of sp³-hybridized carbons (Fsp3) is 0.222. The minimum Gasteiger partial charge on any atom is -0.274 e. The molecule has 0 saturated heterocycles. The Hall–Kier alpha value is -2.02. The number of benzene rings is 1. The molecule has 0 bridgehead atoms. The van der Waals surface area contributed by atoms with Crippen molar-refractivity contribution < 1.29 is 18.9 Å². The number of carbonyl (C=O) groups is 1. The van der Waals surface area contributed by atoms with E-state index in [1.807, 2.05) is 5.48 Å². The lowest BCUT2D eigenvalue weighted by Crippen LogP contribution is -2.24. The van der Waals surface area contributed by atoms with E-state index in [1.54, 1.807) is 6.92 Å². The number of halogens is 1. The highest BCUT2D eigenvalue weighted by molar-refractivity contribution is 5.94. The molecule has 1 aromatic carbocycles. The van der Waals surface area contributed by atoms with E-state index in [2.05, 4.69) is 4.84 Å². The van der Waals surface area contributed by atoms with Gasteiger partial charge in [0.1, 0.15) is 5.82 Å². The Labute approximate surface area is 90.1 Å². The largest absolute Gasteiger partial charge is 0.278 e. The first-order valence-corrected chi connectivity index (χ1v) is 4.42. The zero-order valence-corrected chi connectivity index (χ0v) is 8.40. The molecule has 0 unspecified atom stereocenters. The summed E-state index contributed by atoms with van der Waals surface area (Å²) in [7, 11) is 0. The zero-order chi connectivity index (χ0) is 12.1. The van der Waals surface area contributed by atoms with Gasteiger partial charge < -0.3 is 0 Å². The van der Waals surface area contributed by atoms with Crippen molar-refractivity contribution >= 4 is 11.6 Å². The van der Waals surface area contributed by atoms with E-state index in [1.165, 1.54) is 0 Å².